The zero-order chi connectivity index (χ0) is 20.0. The molecule has 2 aromatic carbocycles. The average molecular weight is 391 g/mol. The van der Waals surface area contributed by atoms with Crippen LogP contribution in [0.1, 0.15) is 30.0 Å². The Morgan fingerprint density at radius 3 is 2.15 bits per heavy atom. The van der Waals surface area contributed by atoms with E-state index in [9.17, 15) is 8.42 Å². The highest BCUT2D eigenvalue weighted by Gasteiger charge is 2.17. The van der Waals surface area contributed by atoms with Crippen LogP contribution in [0.15, 0.2) is 41.3 Å². The largest absolute Gasteiger partial charge is 0.493 e. The molecule has 0 unspecified atom stereocenters. The maximum absolute atomic E-state index is 12.6. The highest BCUT2D eigenvalue weighted by Crippen LogP contribution is 2.26. The van der Waals surface area contributed by atoms with Crippen molar-refractivity contribution in [3.05, 3.63) is 53.1 Å². The van der Waals surface area contributed by atoms with Crippen molar-refractivity contribution in [2.45, 2.75) is 38.5 Å². The van der Waals surface area contributed by atoms with Crippen LogP contribution in [0, 0.1) is 13.8 Å². The second-order valence-corrected chi connectivity index (χ2v) is 8.65. The van der Waals surface area contributed by atoms with Gasteiger partial charge in [-0.1, -0.05) is 12.1 Å². The number of benzene rings is 2. The predicted octanol–water partition coefficient (Wildman–Crippen LogP) is 3.68. The van der Waals surface area contributed by atoms with Crippen molar-refractivity contribution in [3.8, 4) is 5.75 Å². The molecular formula is C21H30N2O3S. The van der Waals surface area contributed by atoms with Crippen molar-refractivity contribution in [1.82, 2.24) is 4.72 Å². The topological polar surface area (TPSA) is 58.6 Å². The van der Waals surface area contributed by atoms with E-state index in [0.717, 1.165) is 35.4 Å². The van der Waals surface area contributed by atoms with Crippen molar-refractivity contribution >= 4 is 15.7 Å². The fraction of sp³-hybridized carbons (Fsp3) is 0.429. The number of nitrogens with one attached hydrogen (secondary N) is 1. The number of hydrogen-bond acceptors (Lipinski definition) is 4. The summed E-state index contributed by atoms with van der Waals surface area (Å²) in [6, 6.07) is 11.7. The minimum Gasteiger partial charge on any atom is -0.493 e. The Kier molecular flexibility index (Phi) is 7.27. The lowest BCUT2D eigenvalue weighted by Gasteiger charge is -2.14. The van der Waals surface area contributed by atoms with Gasteiger partial charge in [0.1, 0.15) is 5.75 Å². The number of rotatable bonds is 9. The molecule has 0 amide bonds. The summed E-state index contributed by atoms with van der Waals surface area (Å²) in [4.78, 5) is 2.34. The second kappa shape index (κ2) is 9.24. The molecule has 0 heterocycles. The summed E-state index contributed by atoms with van der Waals surface area (Å²) in [5.74, 6) is 0.762. The first-order chi connectivity index (χ1) is 12.7. The minimum absolute atomic E-state index is 0.288. The maximum atomic E-state index is 12.6. The smallest absolute Gasteiger partial charge is 0.240 e. The van der Waals surface area contributed by atoms with Gasteiger partial charge in [0.05, 0.1) is 11.5 Å². The van der Waals surface area contributed by atoms with Gasteiger partial charge in [0.25, 0.3) is 0 Å². The van der Waals surface area contributed by atoms with Gasteiger partial charge in [0.2, 0.25) is 10.0 Å². The Bertz CT molecular complexity index is 836. The Morgan fingerprint density at radius 2 is 1.63 bits per heavy atom. The third-order valence-electron chi connectivity index (χ3n) is 4.42. The van der Waals surface area contributed by atoms with Crippen LogP contribution in [-0.4, -0.2) is 35.7 Å². The van der Waals surface area contributed by atoms with E-state index in [-0.39, 0.29) is 4.90 Å². The molecule has 148 valence electrons. The zero-order valence-corrected chi connectivity index (χ0v) is 17.7. The summed E-state index contributed by atoms with van der Waals surface area (Å²) < 4.78 is 33.5. The highest BCUT2D eigenvalue weighted by molar-refractivity contribution is 7.89. The molecule has 0 saturated heterocycles. The van der Waals surface area contributed by atoms with Crippen molar-refractivity contribution in [1.29, 1.82) is 0 Å². The summed E-state index contributed by atoms with van der Waals surface area (Å²) in [5.41, 5.74) is 4.02. The van der Waals surface area contributed by atoms with Gasteiger partial charge in [-0.25, -0.2) is 13.1 Å². The van der Waals surface area contributed by atoms with Crippen LogP contribution < -0.4 is 14.4 Å². The highest BCUT2D eigenvalue weighted by atomic mass is 32.2. The summed E-state index contributed by atoms with van der Waals surface area (Å²) in [5, 5.41) is 0. The van der Waals surface area contributed by atoms with Crippen LogP contribution >= 0.6 is 0 Å². The number of ether oxygens (including phenoxy) is 1. The molecule has 2 rings (SSSR count). The molecule has 0 aliphatic heterocycles. The number of hydrogen-bond donors (Lipinski definition) is 1. The van der Waals surface area contributed by atoms with Gasteiger partial charge in [-0.2, -0.15) is 0 Å². The molecule has 0 atom stereocenters. The van der Waals surface area contributed by atoms with Crippen LogP contribution in [0.3, 0.4) is 0 Å². The van der Waals surface area contributed by atoms with E-state index in [1.807, 2.05) is 34.9 Å². The molecular weight excluding hydrogens is 360 g/mol. The van der Waals surface area contributed by atoms with E-state index in [4.69, 9.17) is 4.74 Å². The van der Waals surface area contributed by atoms with Gasteiger partial charge >= 0.3 is 0 Å². The fourth-order valence-electron chi connectivity index (χ4n) is 2.98. The Hall–Kier alpha value is -2.05. The first-order valence-corrected chi connectivity index (χ1v) is 10.7. The standard InChI is InChI=1S/C21H30N2O3S/c1-6-26-21-16(2)14-20(15-17(21)3)27(24,25)22-13-7-8-18-9-11-19(12-10-18)23(4)5/h9-12,14-15,22H,6-8,13H2,1-5H3. The maximum Gasteiger partial charge on any atom is 0.240 e. The molecule has 0 aliphatic carbocycles. The van der Waals surface area contributed by atoms with Crippen molar-refractivity contribution < 1.29 is 13.2 Å². The number of aryl methyl sites for hydroxylation is 3. The zero-order valence-electron chi connectivity index (χ0n) is 16.9. The SMILES string of the molecule is CCOc1c(C)cc(S(=O)(=O)NCCCc2ccc(N(C)C)cc2)cc1C. The molecule has 0 aromatic heterocycles. The van der Waals surface area contributed by atoms with Gasteiger partial charge in [-0.3, -0.25) is 0 Å². The van der Waals surface area contributed by atoms with Crippen molar-refractivity contribution in [2.24, 2.45) is 0 Å². The molecule has 0 aliphatic rings. The van der Waals surface area contributed by atoms with Crippen molar-refractivity contribution in [3.63, 3.8) is 0 Å². The van der Waals surface area contributed by atoms with Crippen LogP contribution in [0.5, 0.6) is 5.75 Å². The molecule has 6 heteroatoms. The molecule has 0 spiro atoms. The van der Waals surface area contributed by atoms with Crippen LogP contribution in [0.4, 0.5) is 5.69 Å². The Balaban J connectivity index is 1.95. The first kappa shape index (κ1) is 21.3. The quantitative estimate of drug-likeness (QED) is 0.664. The summed E-state index contributed by atoms with van der Waals surface area (Å²) in [6.45, 7) is 6.62. The second-order valence-electron chi connectivity index (χ2n) is 6.88. The number of sulfonamides is 1. The fourth-order valence-corrected chi connectivity index (χ4v) is 4.22. The third-order valence-corrected chi connectivity index (χ3v) is 5.86. The summed E-state index contributed by atoms with van der Waals surface area (Å²) in [6.07, 6.45) is 1.58. The third kappa shape index (κ3) is 5.71. The number of nitrogens with zero attached hydrogens (tertiary/aromatic N) is 1. The summed E-state index contributed by atoms with van der Waals surface area (Å²) in [7, 11) is 0.495. The lowest BCUT2D eigenvalue weighted by atomic mass is 10.1. The summed E-state index contributed by atoms with van der Waals surface area (Å²) >= 11 is 0. The molecule has 1 N–H and O–H groups in total. The van der Waals surface area contributed by atoms with Gasteiger partial charge in [0.15, 0.2) is 0 Å². The van der Waals surface area contributed by atoms with Crippen LogP contribution in [0.2, 0.25) is 0 Å². The van der Waals surface area contributed by atoms with E-state index >= 15 is 0 Å². The first-order valence-electron chi connectivity index (χ1n) is 9.24. The minimum atomic E-state index is -3.52. The number of anilines is 1. The van der Waals surface area contributed by atoms with Gasteiger partial charge in [-0.05, 0) is 74.6 Å². The molecule has 27 heavy (non-hydrogen) atoms. The van der Waals surface area contributed by atoms with Gasteiger partial charge < -0.3 is 9.64 Å². The van der Waals surface area contributed by atoms with Gasteiger partial charge in [-0.15, -0.1) is 0 Å². The monoisotopic (exact) mass is 390 g/mol. The predicted molar refractivity (Wildman–Crippen MR) is 111 cm³/mol. The van der Waals surface area contributed by atoms with E-state index in [1.54, 1.807) is 12.1 Å². The molecule has 5 nitrogen and oxygen atoms in total. The average Bonchev–Trinajstić information content (AvgIpc) is 2.62. The van der Waals surface area contributed by atoms with E-state index in [2.05, 4.69) is 33.9 Å². The Morgan fingerprint density at radius 1 is 1.04 bits per heavy atom. The van der Waals surface area contributed by atoms with Crippen LogP contribution in [0.25, 0.3) is 0 Å². The molecule has 0 bridgehead atoms. The molecule has 0 fully saturated rings. The van der Waals surface area contributed by atoms with Crippen LogP contribution in [-0.2, 0) is 16.4 Å². The van der Waals surface area contributed by atoms with Crippen molar-refractivity contribution in [2.75, 3.05) is 32.1 Å². The Labute approximate surface area is 163 Å². The van der Waals surface area contributed by atoms with E-state index in [0.29, 0.717) is 13.2 Å². The van der Waals surface area contributed by atoms with E-state index < -0.39 is 10.0 Å². The van der Waals surface area contributed by atoms with Gasteiger partial charge in [0, 0.05) is 26.3 Å². The molecule has 0 saturated carbocycles. The molecule has 2 aromatic rings. The molecule has 0 radical (unpaired) electrons. The van der Waals surface area contributed by atoms with E-state index in [1.165, 1.54) is 5.56 Å². The normalized spacial score (nSPS) is 11.4. The lowest BCUT2D eigenvalue weighted by Crippen LogP contribution is -2.25. The lowest BCUT2D eigenvalue weighted by molar-refractivity contribution is 0.335.